The summed E-state index contributed by atoms with van der Waals surface area (Å²) in [5.74, 6) is -0.0183. The molecule has 1 unspecified atom stereocenters. The van der Waals surface area contributed by atoms with Crippen LogP contribution in [0.3, 0.4) is 0 Å². The van der Waals surface area contributed by atoms with Crippen LogP contribution in [0.2, 0.25) is 6.55 Å². The fourth-order valence-electron chi connectivity index (χ4n) is 1.36. The van der Waals surface area contributed by atoms with Crippen molar-refractivity contribution in [3.05, 3.63) is 29.8 Å². The molecule has 0 saturated heterocycles. The Hall–Kier alpha value is -1.11. The van der Waals surface area contributed by atoms with Crippen LogP contribution in [0.15, 0.2) is 24.3 Å². The molecule has 1 N–H and O–H groups in total. The number of nitriles is 1. The Labute approximate surface area is 86.5 Å². The Morgan fingerprint density at radius 2 is 2.00 bits per heavy atom. The fourth-order valence-corrected chi connectivity index (χ4v) is 2.01. The van der Waals surface area contributed by atoms with Gasteiger partial charge in [0.05, 0.1) is 12.0 Å². The summed E-state index contributed by atoms with van der Waals surface area (Å²) in [6.45, 7) is 3.84. The van der Waals surface area contributed by atoms with E-state index in [2.05, 4.69) is 6.07 Å². The maximum Gasteiger partial charge on any atom is 0.239 e. The molecule has 73 valence electrons. The fraction of sp³-hybridized carbons (Fsp3) is 0.364. The Morgan fingerprint density at radius 3 is 2.36 bits per heavy atom. The quantitative estimate of drug-likeness (QED) is 0.759. The Morgan fingerprint density at radius 1 is 1.43 bits per heavy atom. The minimum absolute atomic E-state index is 0.0183. The molecule has 0 fully saturated rings. The van der Waals surface area contributed by atoms with Crippen molar-refractivity contribution in [2.45, 2.75) is 25.8 Å². The lowest BCUT2D eigenvalue weighted by molar-refractivity contribution is 0.594. The van der Waals surface area contributed by atoms with E-state index in [1.165, 1.54) is 0 Å². The van der Waals surface area contributed by atoms with Crippen molar-refractivity contribution in [2.75, 3.05) is 0 Å². The highest BCUT2D eigenvalue weighted by molar-refractivity contribution is 6.64. The highest BCUT2D eigenvalue weighted by Crippen LogP contribution is 2.16. The smallest absolute Gasteiger partial charge is 0.239 e. The highest BCUT2D eigenvalue weighted by Gasteiger charge is 2.09. The summed E-state index contributed by atoms with van der Waals surface area (Å²) < 4.78 is 0. The van der Waals surface area contributed by atoms with Crippen molar-refractivity contribution in [3.63, 3.8) is 0 Å². The van der Waals surface area contributed by atoms with E-state index in [1.807, 2.05) is 37.7 Å². The van der Waals surface area contributed by atoms with Gasteiger partial charge < -0.3 is 4.80 Å². The van der Waals surface area contributed by atoms with Crippen LogP contribution in [0.25, 0.3) is 0 Å². The first kappa shape index (κ1) is 11.0. The first-order valence-electron chi connectivity index (χ1n) is 4.71. The van der Waals surface area contributed by atoms with Gasteiger partial charge in [0, 0.05) is 0 Å². The molecule has 0 saturated carbocycles. The molecule has 0 bridgehead atoms. The van der Waals surface area contributed by atoms with Gasteiger partial charge in [0.25, 0.3) is 0 Å². The monoisotopic (exact) mass is 204 g/mol. The molecular formula is C11H14NOSi. The van der Waals surface area contributed by atoms with Gasteiger partial charge in [0.2, 0.25) is 9.04 Å². The molecule has 14 heavy (non-hydrogen) atoms. The van der Waals surface area contributed by atoms with E-state index in [-0.39, 0.29) is 5.92 Å². The standard InChI is InChI=1S/C11H14NOSi/c1-3-9(8-12)10-4-6-11(7-5-10)14(2)13/h4-7,9,13H,3H2,1-2H3. The van der Waals surface area contributed by atoms with Gasteiger partial charge in [-0.15, -0.1) is 0 Å². The number of nitrogens with zero attached hydrogens (tertiary/aromatic N) is 1. The van der Waals surface area contributed by atoms with Gasteiger partial charge in [-0.2, -0.15) is 5.26 Å². The summed E-state index contributed by atoms with van der Waals surface area (Å²) >= 11 is 0. The third-order valence-electron chi connectivity index (χ3n) is 2.29. The minimum atomic E-state index is -1.35. The number of hydrogen-bond donors (Lipinski definition) is 1. The molecule has 0 aliphatic rings. The lowest BCUT2D eigenvalue weighted by Crippen LogP contribution is -2.25. The van der Waals surface area contributed by atoms with Crippen LogP contribution in [0.4, 0.5) is 0 Å². The lowest BCUT2D eigenvalue weighted by atomic mass is 9.98. The van der Waals surface area contributed by atoms with Gasteiger partial charge in [-0.1, -0.05) is 31.2 Å². The number of hydrogen-bond acceptors (Lipinski definition) is 2. The third kappa shape index (κ3) is 2.44. The second kappa shape index (κ2) is 4.94. The molecule has 0 amide bonds. The van der Waals surface area contributed by atoms with Crippen LogP contribution < -0.4 is 5.19 Å². The topological polar surface area (TPSA) is 44.0 Å². The predicted octanol–water partition coefficient (Wildman–Crippen LogP) is 1.52. The van der Waals surface area contributed by atoms with Crippen molar-refractivity contribution in [1.29, 1.82) is 5.26 Å². The lowest BCUT2D eigenvalue weighted by Gasteiger charge is -2.07. The van der Waals surface area contributed by atoms with Crippen LogP contribution in [0.5, 0.6) is 0 Å². The Kier molecular flexibility index (Phi) is 3.87. The average Bonchev–Trinajstić information content (AvgIpc) is 2.20. The SMILES string of the molecule is CCC(C#N)c1ccc([Si](C)O)cc1. The van der Waals surface area contributed by atoms with Gasteiger partial charge in [-0.05, 0) is 23.7 Å². The minimum Gasteiger partial charge on any atom is -0.427 e. The van der Waals surface area contributed by atoms with E-state index < -0.39 is 9.04 Å². The van der Waals surface area contributed by atoms with Gasteiger partial charge in [-0.3, -0.25) is 0 Å². The summed E-state index contributed by atoms with van der Waals surface area (Å²) in [4.78, 5) is 9.40. The molecule has 1 rings (SSSR count). The summed E-state index contributed by atoms with van der Waals surface area (Å²) in [6, 6.07) is 9.99. The third-order valence-corrected chi connectivity index (χ3v) is 3.46. The number of rotatable bonds is 3. The second-order valence-electron chi connectivity index (χ2n) is 3.30. The summed E-state index contributed by atoms with van der Waals surface area (Å²) in [5.41, 5.74) is 1.04. The molecule has 1 aromatic carbocycles. The first-order valence-corrected chi connectivity index (χ1v) is 6.66. The van der Waals surface area contributed by atoms with Gasteiger partial charge in [-0.25, -0.2) is 0 Å². The van der Waals surface area contributed by atoms with Crippen molar-refractivity contribution in [3.8, 4) is 6.07 Å². The molecule has 1 atom stereocenters. The summed E-state index contributed by atoms with van der Waals surface area (Å²) in [6.07, 6.45) is 0.832. The van der Waals surface area contributed by atoms with Crippen molar-refractivity contribution in [1.82, 2.24) is 0 Å². The molecule has 3 heteroatoms. The molecular weight excluding hydrogens is 190 g/mol. The zero-order valence-electron chi connectivity index (χ0n) is 8.49. The van der Waals surface area contributed by atoms with Gasteiger partial charge in [0.1, 0.15) is 0 Å². The largest absolute Gasteiger partial charge is 0.427 e. The van der Waals surface area contributed by atoms with Crippen molar-refractivity contribution < 1.29 is 4.80 Å². The van der Waals surface area contributed by atoms with Gasteiger partial charge >= 0.3 is 0 Å². The van der Waals surface area contributed by atoms with Crippen LogP contribution in [-0.2, 0) is 0 Å². The van der Waals surface area contributed by atoms with E-state index in [0.29, 0.717) is 0 Å². The Balaban J connectivity index is 2.88. The van der Waals surface area contributed by atoms with E-state index in [9.17, 15) is 4.80 Å². The number of benzene rings is 1. The summed E-state index contributed by atoms with van der Waals surface area (Å²) in [7, 11) is -1.35. The van der Waals surface area contributed by atoms with E-state index in [4.69, 9.17) is 5.26 Å². The molecule has 0 aliphatic carbocycles. The molecule has 0 aliphatic heterocycles. The first-order chi connectivity index (χ1) is 6.69. The second-order valence-corrected chi connectivity index (χ2v) is 5.05. The van der Waals surface area contributed by atoms with E-state index in [1.54, 1.807) is 0 Å². The van der Waals surface area contributed by atoms with Crippen LogP contribution in [0, 0.1) is 11.3 Å². The van der Waals surface area contributed by atoms with Crippen LogP contribution in [-0.4, -0.2) is 13.8 Å². The zero-order valence-corrected chi connectivity index (χ0v) is 9.49. The van der Waals surface area contributed by atoms with E-state index >= 15 is 0 Å². The summed E-state index contributed by atoms with van der Waals surface area (Å²) in [5, 5.41) is 9.86. The molecule has 1 radical (unpaired) electrons. The van der Waals surface area contributed by atoms with Crippen molar-refractivity contribution in [2.24, 2.45) is 0 Å². The average molecular weight is 204 g/mol. The van der Waals surface area contributed by atoms with Crippen LogP contribution in [0.1, 0.15) is 24.8 Å². The van der Waals surface area contributed by atoms with Gasteiger partial charge in [0.15, 0.2) is 0 Å². The van der Waals surface area contributed by atoms with Crippen LogP contribution >= 0.6 is 0 Å². The maximum absolute atomic E-state index is 9.40. The zero-order chi connectivity index (χ0) is 10.6. The predicted molar refractivity (Wildman–Crippen MR) is 58.6 cm³/mol. The molecule has 0 spiro atoms. The maximum atomic E-state index is 9.40. The molecule has 2 nitrogen and oxygen atoms in total. The Bertz CT molecular complexity index is 326. The van der Waals surface area contributed by atoms with E-state index in [0.717, 1.165) is 17.2 Å². The normalized spacial score (nSPS) is 12.5. The molecule has 1 aromatic rings. The van der Waals surface area contributed by atoms with Crippen molar-refractivity contribution >= 4 is 14.2 Å². The molecule has 0 heterocycles. The highest BCUT2D eigenvalue weighted by atomic mass is 28.3. The molecule has 0 aromatic heterocycles.